The topological polar surface area (TPSA) is 70.6 Å². The van der Waals surface area contributed by atoms with Crippen molar-refractivity contribution in [1.82, 2.24) is 14.9 Å². The first kappa shape index (κ1) is 19.6. The van der Waals surface area contributed by atoms with Gasteiger partial charge in [-0.25, -0.2) is 14.8 Å². The Bertz CT molecular complexity index is 906. The quantitative estimate of drug-likeness (QED) is 0.845. The van der Waals surface area contributed by atoms with E-state index >= 15 is 0 Å². The lowest BCUT2D eigenvalue weighted by molar-refractivity contribution is -0.00557. The number of carbonyl (C=O) groups is 1. The number of aryl methyl sites for hydroxylation is 2. The number of hydrogen-bond acceptors (Lipinski definition) is 5. The summed E-state index contributed by atoms with van der Waals surface area (Å²) in [6.45, 7) is 10.9. The van der Waals surface area contributed by atoms with Gasteiger partial charge in [0.05, 0.1) is 24.4 Å². The molecule has 2 aromatic rings. The number of amides is 2. The summed E-state index contributed by atoms with van der Waals surface area (Å²) in [4.78, 5) is 26.5. The molecule has 2 amide bonds. The van der Waals surface area contributed by atoms with Crippen molar-refractivity contribution in [2.24, 2.45) is 0 Å². The number of rotatable bonds is 2. The van der Waals surface area contributed by atoms with Gasteiger partial charge in [0.25, 0.3) is 0 Å². The number of ether oxygens (including phenoxy) is 1. The van der Waals surface area contributed by atoms with E-state index in [4.69, 9.17) is 9.72 Å². The summed E-state index contributed by atoms with van der Waals surface area (Å²) in [5.41, 5.74) is 4.05. The summed E-state index contributed by atoms with van der Waals surface area (Å²) in [5.74, 6) is 1.73. The van der Waals surface area contributed by atoms with Crippen molar-refractivity contribution in [2.75, 3.05) is 29.9 Å². The maximum atomic E-state index is 12.9. The van der Waals surface area contributed by atoms with Crippen LogP contribution in [0.3, 0.4) is 0 Å². The Morgan fingerprint density at radius 3 is 2.66 bits per heavy atom. The van der Waals surface area contributed by atoms with Crippen LogP contribution in [-0.2, 0) is 17.7 Å². The lowest BCUT2D eigenvalue weighted by Gasteiger charge is -2.38. The standard InChI is InChI=1S/C22H29N5O2/c1-14-6-5-7-18(10-14)25-22(28)26-9-8-20-19(13-26)21(24-17(4)23-20)27-11-15(2)29-16(3)12-27/h5-7,10,15-16H,8-9,11-13H2,1-4H3,(H,25,28)/t15-,16+. The summed E-state index contributed by atoms with van der Waals surface area (Å²) in [6, 6.07) is 7.77. The van der Waals surface area contributed by atoms with Crippen LogP contribution in [0.2, 0.25) is 0 Å². The molecule has 1 N–H and O–H groups in total. The predicted molar refractivity (Wildman–Crippen MR) is 113 cm³/mol. The molecule has 3 heterocycles. The highest BCUT2D eigenvalue weighted by molar-refractivity contribution is 5.89. The third-order valence-electron chi connectivity index (χ3n) is 5.43. The van der Waals surface area contributed by atoms with E-state index in [9.17, 15) is 4.79 Å². The van der Waals surface area contributed by atoms with Crippen molar-refractivity contribution in [3.8, 4) is 0 Å². The number of aromatic nitrogens is 2. The molecule has 1 saturated heterocycles. The largest absolute Gasteiger partial charge is 0.372 e. The van der Waals surface area contributed by atoms with Crippen LogP contribution in [0.5, 0.6) is 0 Å². The molecule has 29 heavy (non-hydrogen) atoms. The molecule has 7 nitrogen and oxygen atoms in total. The number of fused-ring (bicyclic) bond motifs is 1. The minimum absolute atomic E-state index is 0.0866. The molecule has 0 saturated carbocycles. The smallest absolute Gasteiger partial charge is 0.322 e. The van der Waals surface area contributed by atoms with E-state index in [-0.39, 0.29) is 18.2 Å². The maximum Gasteiger partial charge on any atom is 0.322 e. The molecule has 0 spiro atoms. The van der Waals surface area contributed by atoms with E-state index in [1.807, 2.05) is 43.0 Å². The lowest BCUT2D eigenvalue weighted by Crippen LogP contribution is -2.47. The van der Waals surface area contributed by atoms with Gasteiger partial charge in [-0.1, -0.05) is 12.1 Å². The van der Waals surface area contributed by atoms with Crippen molar-refractivity contribution >= 4 is 17.5 Å². The van der Waals surface area contributed by atoms with Gasteiger partial charge in [0, 0.05) is 37.3 Å². The Morgan fingerprint density at radius 1 is 1.17 bits per heavy atom. The van der Waals surface area contributed by atoms with Crippen LogP contribution >= 0.6 is 0 Å². The first-order valence-electron chi connectivity index (χ1n) is 10.3. The first-order valence-corrected chi connectivity index (χ1v) is 10.3. The highest BCUT2D eigenvalue weighted by Crippen LogP contribution is 2.29. The van der Waals surface area contributed by atoms with Gasteiger partial charge < -0.3 is 19.9 Å². The number of carbonyl (C=O) groups excluding carboxylic acids is 1. The molecule has 2 aliphatic rings. The molecule has 2 aliphatic heterocycles. The zero-order valence-electron chi connectivity index (χ0n) is 17.6. The van der Waals surface area contributed by atoms with E-state index in [1.165, 1.54) is 0 Å². The molecule has 154 valence electrons. The second-order valence-corrected chi connectivity index (χ2v) is 8.15. The normalized spacial score (nSPS) is 21.7. The molecular weight excluding hydrogens is 366 g/mol. The van der Waals surface area contributed by atoms with Crippen LogP contribution < -0.4 is 10.2 Å². The number of nitrogens with one attached hydrogen (secondary N) is 1. The van der Waals surface area contributed by atoms with E-state index < -0.39 is 0 Å². The molecule has 7 heteroatoms. The molecule has 1 aromatic carbocycles. The van der Waals surface area contributed by atoms with Crippen LogP contribution in [0, 0.1) is 13.8 Å². The first-order chi connectivity index (χ1) is 13.9. The number of morpholine rings is 1. The Kier molecular flexibility index (Phi) is 5.41. The third-order valence-corrected chi connectivity index (χ3v) is 5.43. The van der Waals surface area contributed by atoms with Crippen LogP contribution in [-0.4, -0.2) is 52.7 Å². The summed E-state index contributed by atoms with van der Waals surface area (Å²) >= 11 is 0. The zero-order valence-corrected chi connectivity index (χ0v) is 17.6. The molecule has 1 aromatic heterocycles. The van der Waals surface area contributed by atoms with Crippen molar-refractivity contribution in [3.63, 3.8) is 0 Å². The van der Waals surface area contributed by atoms with E-state index in [2.05, 4.69) is 29.0 Å². The van der Waals surface area contributed by atoms with Gasteiger partial charge in [0.15, 0.2) is 0 Å². The maximum absolute atomic E-state index is 12.9. The molecule has 4 rings (SSSR count). The Balaban J connectivity index is 1.57. The second-order valence-electron chi connectivity index (χ2n) is 8.15. The average Bonchev–Trinajstić information content (AvgIpc) is 2.66. The van der Waals surface area contributed by atoms with Crippen molar-refractivity contribution in [3.05, 3.63) is 46.9 Å². The fraction of sp³-hybridized carbons (Fsp3) is 0.500. The van der Waals surface area contributed by atoms with Gasteiger partial charge in [-0.15, -0.1) is 0 Å². The lowest BCUT2D eigenvalue weighted by atomic mass is 10.0. The van der Waals surface area contributed by atoms with E-state index in [0.29, 0.717) is 13.1 Å². The van der Waals surface area contributed by atoms with Gasteiger partial charge in [-0.05, 0) is 45.4 Å². The van der Waals surface area contributed by atoms with Crippen LogP contribution in [0.1, 0.15) is 36.5 Å². The van der Waals surface area contributed by atoms with E-state index in [1.54, 1.807) is 0 Å². The fourth-order valence-corrected chi connectivity index (χ4v) is 4.23. The fourth-order valence-electron chi connectivity index (χ4n) is 4.23. The Labute approximate surface area is 172 Å². The summed E-state index contributed by atoms with van der Waals surface area (Å²) in [5, 5.41) is 3.02. The number of urea groups is 1. The number of nitrogens with zero attached hydrogens (tertiary/aromatic N) is 4. The second kappa shape index (κ2) is 7.99. The van der Waals surface area contributed by atoms with Crippen molar-refractivity contribution in [2.45, 2.75) is 52.9 Å². The van der Waals surface area contributed by atoms with Crippen LogP contribution in [0.25, 0.3) is 0 Å². The number of anilines is 2. The molecule has 0 aliphatic carbocycles. The van der Waals surface area contributed by atoms with E-state index in [0.717, 1.165) is 53.7 Å². The highest BCUT2D eigenvalue weighted by Gasteiger charge is 2.30. The minimum Gasteiger partial charge on any atom is -0.372 e. The Hall–Kier alpha value is -2.67. The van der Waals surface area contributed by atoms with Gasteiger partial charge in [-0.3, -0.25) is 0 Å². The van der Waals surface area contributed by atoms with Gasteiger partial charge in [-0.2, -0.15) is 0 Å². The van der Waals surface area contributed by atoms with Gasteiger partial charge in [0.1, 0.15) is 11.6 Å². The molecule has 0 bridgehead atoms. The zero-order chi connectivity index (χ0) is 20.5. The predicted octanol–water partition coefficient (Wildman–Crippen LogP) is 3.30. The number of hydrogen-bond donors (Lipinski definition) is 1. The molecule has 0 radical (unpaired) electrons. The summed E-state index contributed by atoms with van der Waals surface area (Å²) < 4.78 is 5.89. The molecule has 2 atom stereocenters. The molecular formula is C22H29N5O2. The molecule has 0 unspecified atom stereocenters. The Morgan fingerprint density at radius 2 is 1.93 bits per heavy atom. The number of benzene rings is 1. The molecule has 1 fully saturated rings. The SMILES string of the molecule is Cc1cccc(NC(=O)N2CCc3nc(C)nc(N4C[C@@H](C)O[C@@H](C)C4)c3C2)c1. The van der Waals surface area contributed by atoms with Crippen molar-refractivity contribution in [1.29, 1.82) is 0 Å². The monoisotopic (exact) mass is 395 g/mol. The average molecular weight is 396 g/mol. The van der Waals surface area contributed by atoms with Crippen LogP contribution in [0.15, 0.2) is 24.3 Å². The third kappa shape index (κ3) is 4.34. The minimum atomic E-state index is -0.0866. The van der Waals surface area contributed by atoms with Gasteiger partial charge >= 0.3 is 6.03 Å². The summed E-state index contributed by atoms with van der Waals surface area (Å²) in [7, 11) is 0. The highest BCUT2D eigenvalue weighted by atomic mass is 16.5. The van der Waals surface area contributed by atoms with Crippen LogP contribution in [0.4, 0.5) is 16.3 Å². The summed E-state index contributed by atoms with van der Waals surface area (Å²) in [6.07, 6.45) is 1.03. The van der Waals surface area contributed by atoms with Crippen molar-refractivity contribution < 1.29 is 9.53 Å². The van der Waals surface area contributed by atoms with Gasteiger partial charge in [0.2, 0.25) is 0 Å².